The molecule has 0 aromatic heterocycles. The van der Waals surface area contributed by atoms with E-state index in [2.05, 4.69) is 12.2 Å². The Hall–Kier alpha value is -2.56. The summed E-state index contributed by atoms with van der Waals surface area (Å²) < 4.78 is 40.3. The molecule has 1 saturated carbocycles. The van der Waals surface area contributed by atoms with Gasteiger partial charge >= 0.3 is 209 Å². The molecule has 2 aliphatic carbocycles. The Balaban J connectivity index is 1.74. The normalized spacial score (nSPS) is 23.2. The van der Waals surface area contributed by atoms with Crippen molar-refractivity contribution in [2.75, 3.05) is 0 Å². The third-order valence-electron chi connectivity index (χ3n) is 7.23. The van der Waals surface area contributed by atoms with Crippen LogP contribution in [-0.2, 0) is 18.6 Å². The molecule has 0 N–H and O–H groups in total. The van der Waals surface area contributed by atoms with E-state index in [1.807, 2.05) is 110 Å². The predicted octanol–water partition coefficient (Wildman–Crippen LogP) is 5.60. The zero-order chi connectivity index (χ0) is 24.4. The molecule has 3 atom stereocenters. The molecule has 2 bridgehead atoms. The van der Waals surface area contributed by atoms with Gasteiger partial charge in [-0.25, -0.2) is 0 Å². The first-order chi connectivity index (χ1) is 17.0. The van der Waals surface area contributed by atoms with Gasteiger partial charge in [0.1, 0.15) is 0 Å². The van der Waals surface area contributed by atoms with Gasteiger partial charge in [0.05, 0.1) is 0 Å². The van der Waals surface area contributed by atoms with E-state index in [1.54, 1.807) is 0 Å². The first-order valence-corrected chi connectivity index (χ1v) is 15.7. The van der Waals surface area contributed by atoms with Crippen molar-refractivity contribution in [1.29, 1.82) is 0 Å². The van der Waals surface area contributed by atoms with Gasteiger partial charge in [-0.2, -0.15) is 0 Å². The molecule has 6 heteroatoms. The number of fused-ring (bicyclic) bond motifs is 2. The van der Waals surface area contributed by atoms with E-state index in [4.69, 9.17) is 8.15 Å². The molecule has 0 aliphatic heterocycles. The Bertz CT molecular complexity index is 1220. The van der Waals surface area contributed by atoms with Crippen molar-refractivity contribution >= 4 is 33.1 Å². The van der Waals surface area contributed by atoms with Crippen molar-refractivity contribution in [3.63, 3.8) is 0 Å². The summed E-state index contributed by atoms with van der Waals surface area (Å²) >= 11 is 0. The SMILES string of the molecule is C/C=C/P(OS(=O)(=O)OC1CC2CC=CC1C2)(c1ccccc1)(c1ccccc1)c1ccccc1. The van der Waals surface area contributed by atoms with Crippen molar-refractivity contribution < 1.29 is 16.6 Å². The molecule has 3 unspecified atom stereocenters. The van der Waals surface area contributed by atoms with E-state index < -0.39 is 23.3 Å². The molecule has 0 radical (unpaired) electrons. The van der Waals surface area contributed by atoms with Crippen LogP contribution in [0.25, 0.3) is 0 Å². The van der Waals surface area contributed by atoms with Gasteiger partial charge in [-0.15, -0.1) is 0 Å². The second kappa shape index (κ2) is 9.48. The molecule has 182 valence electrons. The molecule has 0 heterocycles. The summed E-state index contributed by atoms with van der Waals surface area (Å²) in [4.78, 5) is 0. The maximum atomic E-state index is 13.9. The topological polar surface area (TPSA) is 52.6 Å². The maximum absolute atomic E-state index is 13.9. The van der Waals surface area contributed by atoms with Crippen molar-refractivity contribution in [1.82, 2.24) is 0 Å². The molecule has 0 spiro atoms. The van der Waals surface area contributed by atoms with Gasteiger partial charge in [0.15, 0.2) is 0 Å². The van der Waals surface area contributed by atoms with Crippen LogP contribution < -0.4 is 15.9 Å². The predicted molar refractivity (Wildman–Crippen MR) is 145 cm³/mol. The van der Waals surface area contributed by atoms with Crippen LogP contribution in [0.3, 0.4) is 0 Å². The van der Waals surface area contributed by atoms with Crippen LogP contribution >= 0.6 is 6.83 Å². The van der Waals surface area contributed by atoms with Gasteiger partial charge in [0.25, 0.3) is 0 Å². The van der Waals surface area contributed by atoms with Crippen molar-refractivity contribution in [2.24, 2.45) is 11.8 Å². The van der Waals surface area contributed by atoms with Crippen molar-refractivity contribution in [3.05, 3.63) is 115 Å². The monoisotopic (exact) mass is 506 g/mol. The molecule has 35 heavy (non-hydrogen) atoms. The Labute approximate surface area is 208 Å². The fourth-order valence-electron chi connectivity index (χ4n) is 5.76. The van der Waals surface area contributed by atoms with Crippen LogP contribution in [0.2, 0.25) is 0 Å². The van der Waals surface area contributed by atoms with Crippen LogP contribution in [0.15, 0.2) is 115 Å². The van der Waals surface area contributed by atoms with E-state index in [9.17, 15) is 8.42 Å². The zero-order valence-electron chi connectivity index (χ0n) is 19.8. The Morgan fingerprint density at radius 3 is 1.77 bits per heavy atom. The van der Waals surface area contributed by atoms with E-state index >= 15 is 0 Å². The van der Waals surface area contributed by atoms with Gasteiger partial charge in [-0.1, -0.05) is 0 Å². The minimum atomic E-state index is -4.41. The van der Waals surface area contributed by atoms with Gasteiger partial charge < -0.3 is 0 Å². The molecule has 2 aliphatic rings. The van der Waals surface area contributed by atoms with Crippen LogP contribution in [0.4, 0.5) is 0 Å². The molecule has 1 fully saturated rings. The number of hydrogen-bond donors (Lipinski definition) is 0. The van der Waals surface area contributed by atoms with Crippen molar-refractivity contribution in [3.8, 4) is 0 Å². The summed E-state index contributed by atoms with van der Waals surface area (Å²) in [5.41, 5.74) is 0. The van der Waals surface area contributed by atoms with Gasteiger partial charge in [-0.05, 0) is 0 Å². The average molecular weight is 507 g/mol. The summed E-state index contributed by atoms with van der Waals surface area (Å²) in [5.74, 6) is 2.53. The fraction of sp³-hybridized carbons (Fsp3) is 0.241. The van der Waals surface area contributed by atoms with E-state index in [1.165, 1.54) is 0 Å². The first kappa shape index (κ1) is 24.1. The molecule has 4 nitrogen and oxygen atoms in total. The molecule has 0 saturated heterocycles. The molecule has 3 aromatic carbocycles. The van der Waals surface area contributed by atoms with E-state index in [0.717, 1.165) is 35.2 Å². The second-order valence-electron chi connectivity index (χ2n) is 9.37. The fourth-order valence-corrected chi connectivity index (χ4v) is 13.4. The van der Waals surface area contributed by atoms with E-state index in [-0.39, 0.29) is 5.92 Å². The quantitative estimate of drug-likeness (QED) is 0.295. The van der Waals surface area contributed by atoms with Gasteiger partial charge in [0.2, 0.25) is 0 Å². The van der Waals surface area contributed by atoms with Crippen LogP contribution in [0, 0.1) is 11.8 Å². The van der Waals surface area contributed by atoms with Crippen LogP contribution in [-0.4, -0.2) is 14.5 Å². The first-order valence-electron chi connectivity index (χ1n) is 12.1. The zero-order valence-corrected chi connectivity index (χ0v) is 21.5. The summed E-state index contributed by atoms with van der Waals surface area (Å²) in [6.45, 7) is -2.25. The minimum absolute atomic E-state index is 0.102. The number of allylic oxidation sites excluding steroid dienone is 2. The molecular weight excluding hydrogens is 475 g/mol. The third kappa shape index (κ3) is 4.21. The Morgan fingerprint density at radius 1 is 0.800 bits per heavy atom. The van der Waals surface area contributed by atoms with Crippen LogP contribution in [0.1, 0.15) is 26.2 Å². The van der Waals surface area contributed by atoms with Crippen LogP contribution in [0.5, 0.6) is 0 Å². The molecule has 3 aromatic rings. The van der Waals surface area contributed by atoms with Gasteiger partial charge in [-0.3, -0.25) is 0 Å². The summed E-state index contributed by atoms with van der Waals surface area (Å²) in [6, 6.07) is 29.1. The molecule has 0 amide bonds. The van der Waals surface area contributed by atoms with Crippen molar-refractivity contribution in [2.45, 2.75) is 32.3 Å². The number of rotatable bonds is 8. The average Bonchev–Trinajstić information content (AvgIpc) is 3.16. The summed E-state index contributed by atoms with van der Waals surface area (Å²) in [5, 5.41) is 2.39. The molecular formula is C29H31O4PS. The Kier molecular flexibility index (Phi) is 6.54. The van der Waals surface area contributed by atoms with E-state index in [0.29, 0.717) is 5.92 Å². The summed E-state index contributed by atoms with van der Waals surface area (Å²) in [7, 11) is -4.41. The Morgan fingerprint density at radius 2 is 1.31 bits per heavy atom. The number of benzene rings is 3. The standard InChI is InChI=1S/C29H31O4PS/c1-2-21-34(26-15-6-3-7-16-26,27-17-8-4-9-18-27,28-19-10-5-11-20-28)33-35(30,31)32-29-23-24-13-12-14-25(29)22-24/h2-12,14-21,24-25,29H,13,22-23H2,1H3/b21-2+. The summed E-state index contributed by atoms with van der Waals surface area (Å²) in [6.07, 6.45) is 8.40. The second-order valence-corrected chi connectivity index (χ2v) is 15.0. The van der Waals surface area contributed by atoms with Gasteiger partial charge in [0, 0.05) is 0 Å². The third-order valence-corrected chi connectivity index (χ3v) is 14.5. The number of hydrogen-bond acceptors (Lipinski definition) is 4. The molecule has 5 rings (SSSR count).